The van der Waals surface area contributed by atoms with Crippen LogP contribution in [0.25, 0.3) is 0 Å². The molecule has 132 valence electrons. The second kappa shape index (κ2) is 8.22. The molecule has 0 saturated heterocycles. The predicted molar refractivity (Wildman–Crippen MR) is 103 cm³/mol. The Balaban J connectivity index is 2.50. The second-order valence-electron chi connectivity index (χ2n) is 5.22. The lowest BCUT2D eigenvalue weighted by molar-refractivity contribution is 0.410. The third-order valence-corrected chi connectivity index (χ3v) is 4.96. The molecule has 0 radical (unpaired) electrons. The van der Waals surface area contributed by atoms with E-state index >= 15 is 0 Å². The van der Waals surface area contributed by atoms with Gasteiger partial charge in [-0.05, 0) is 11.6 Å². The summed E-state index contributed by atoms with van der Waals surface area (Å²) in [4.78, 5) is 28.7. The minimum Gasteiger partial charge on any atom is -0.494 e. The van der Waals surface area contributed by atoms with Gasteiger partial charge in [0.1, 0.15) is 10.6 Å². The van der Waals surface area contributed by atoms with Crippen molar-refractivity contribution in [2.24, 2.45) is 19.1 Å². The van der Waals surface area contributed by atoms with Crippen LogP contribution < -0.4 is 11.2 Å². The number of aromatic hydroxyl groups is 1. The molecule has 8 heteroatoms. The van der Waals surface area contributed by atoms with Gasteiger partial charge in [-0.3, -0.25) is 18.9 Å². The molecule has 0 aliphatic rings. The highest BCUT2D eigenvalue weighted by Crippen LogP contribution is 2.25. The molecule has 1 aromatic heterocycles. The first-order chi connectivity index (χ1) is 11.9. The summed E-state index contributed by atoms with van der Waals surface area (Å²) in [5.41, 5.74) is -0.342. The number of nitrogens with zero attached hydrogens (tertiary/aromatic N) is 3. The lowest BCUT2D eigenvalue weighted by Gasteiger charge is -2.12. The van der Waals surface area contributed by atoms with E-state index in [1.54, 1.807) is 12.1 Å². The first-order valence-electron chi connectivity index (χ1n) is 7.39. The normalized spacial score (nSPS) is 11.6. The number of benzene rings is 1. The van der Waals surface area contributed by atoms with Crippen molar-refractivity contribution in [2.45, 2.75) is 5.75 Å². The summed E-state index contributed by atoms with van der Waals surface area (Å²) in [6.45, 7) is 3.89. The van der Waals surface area contributed by atoms with Crippen LogP contribution in [-0.4, -0.2) is 25.8 Å². The van der Waals surface area contributed by atoms with Gasteiger partial charge in [0.15, 0.2) is 0 Å². The highest BCUT2D eigenvalue weighted by molar-refractivity contribution is 8.13. The Bertz CT molecular complexity index is 947. The van der Waals surface area contributed by atoms with Gasteiger partial charge in [0.25, 0.3) is 5.56 Å². The lowest BCUT2D eigenvalue weighted by atomic mass is 10.2. The summed E-state index contributed by atoms with van der Waals surface area (Å²) in [5.74, 6) is 0.0451. The molecule has 0 aliphatic heterocycles. The summed E-state index contributed by atoms with van der Waals surface area (Å²) < 4.78 is 1.95. The van der Waals surface area contributed by atoms with Crippen molar-refractivity contribution in [3.8, 4) is 5.88 Å². The Kier molecular flexibility index (Phi) is 6.27. The fourth-order valence-corrected chi connectivity index (χ4v) is 3.44. The van der Waals surface area contributed by atoms with Crippen LogP contribution in [0, 0.1) is 0 Å². The average molecular weight is 380 g/mol. The van der Waals surface area contributed by atoms with Crippen molar-refractivity contribution in [3.05, 3.63) is 73.9 Å². The van der Waals surface area contributed by atoms with Crippen LogP contribution in [0.1, 0.15) is 11.1 Å². The van der Waals surface area contributed by atoms with Crippen molar-refractivity contribution >= 4 is 28.4 Å². The minimum atomic E-state index is -0.606. The molecular weight excluding hydrogens is 362 g/mol. The predicted octanol–water partition coefficient (Wildman–Crippen LogP) is 2.31. The smallest absolute Gasteiger partial charge is 0.333 e. The van der Waals surface area contributed by atoms with Gasteiger partial charge in [-0.2, -0.15) is 0 Å². The zero-order valence-electron chi connectivity index (χ0n) is 13.9. The quantitative estimate of drug-likeness (QED) is 0.491. The number of thioether (sulfide) groups is 1. The summed E-state index contributed by atoms with van der Waals surface area (Å²) >= 11 is 7.42. The molecule has 2 aromatic rings. The lowest BCUT2D eigenvalue weighted by Crippen LogP contribution is -2.39. The van der Waals surface area contributed by atoms with Crippen molar-refractivity contribution in [1.29, 1.82) is 0 Å². The third kappa shape index (κ3) is 4.05. The molecule has 1 N–H and O–H groups in total. The topological polar surface area (TPSA) is 76.6 Å². The Hall–Kier alpha value is -2.25. The van der Waals surface area contributed by atoms with Gasteiger partial charge in [-0.1, -0.05) is 35.9 Å². The fourth-order valence-electron chi connectivity index (χ4n) is 2.13. The standard InChI is InChI=1S/C17H18ClN3O3S/c1-4-9-19-14(25-10-11-7-5-6-8-12(11)18)13-15(22)20(2)17(24)21(3)16(13)23/h4-8,22H,1,9-10H2,2-3H3. The van der Waals surface area contributed by atoms with Gasteiger partial charge in [0.2, 0.25) is 5.88 Å². The molecule has 0 spiro atoms. The Labute approximate surface area is 154 Å². The molecule has 0 fully saturated rings. The Morgan fingerprint density at radius 1 is 1.32 bits per heavy atom. The van der Waals surface area contributed by atoms with Crippen molar-refractivity contribution < 1.29 is 5.11 Å². The van der Waals surface area contributed by atoms with E-state index in [1.165, 1.54) is 25.9 Å². The summed E-state index contributed by atoms with van der Waals surface area (Å²) in [5, 5.41) is 11.2. The number of hydrogen-bond acceptors (Lipinski definition) is 5. The highest BCUT2D eigenvalue weighted by atomic mass is 35.5. The minimum absolute atomic E-state index is 0.0106. The van der Waals surface area contributed by atoms with Crippen LogP contribution in [0.2, 0.25) is 5.02 Å². The van der Waals surface area contributed by atoms with Crippen molar-refractivity contribution in [1.82, 2.24) is 9.13 Å². The Morgan fingerprint density at radius 2 is 2.00 bits per heavy atom. The van der Waals surface area contributed by atoms with Gasteiger partial charge < -0.3 is 5.11 Å². The van der Waals surface area contributed by atoms with E-state index in [0.717, 1.165) is 14.7 Å². The molecular formula is C17H18ClN3O3S. The van der Waals surface area contributed by atoms with Gasteiger partial charge in [-0.15, -0.1) is 18.3 Å². The zero-order chi connectivity index (χ0) is 18.6. The van der Waals surface area contributed by atoms with Gasteiger partial charge in [0.05, 0.1) is 6.54 Å². The van der Waals surface area contributed by atoms with Crippen LogP contribution in [-0.2, 0) is 19.8 Å². The maximum absolute atomic E-state index is 12.5. The summed E-state index contributed by atoms with van der Waals surface area (Å²) in [7, 11) is 2.75. The van der Waals surface area contributed by atoms with E-state index in [9.17, 15) is 14.7 Å². The molecule has 25 heavy (non-hydrogen) atoms. The molecule has 0 unspecified atom stereocenters. The monoisotopic (exact) mass is 379 g/mol. The summed E-state index contributed by atoms with van der Waals surface area (Å²) in [6, 6.07) is 7.35. The molecule has 6 nitrogen and oxygen atoms in total. The number of aliphatic imine (C=N–C) groups is 1. The van der Waals surface area contributed by atoms with Gasteiger partial charge >= 0.3 is 5.69 Å². The third-order valence-electron chi connectivity index (χ3n) is 3.53. The van der Waals surface area contributed by atoms with E-state index < -0.39 is 17.1 Å². The molecule has 0 atom stereocenters. The second-order valence-corrected chi connectivity index (χ2v) is 6.59. The fraction of sp³-hybridized carbons (Fsp3) is 0.235. The van der Waals surface area contributed by atoms with Crippen LogP contribution in [0.15, 0.2) is 51.5 Å². The Morgan fingerprint density at radius 3 is 2.64 bits per heavy atom. The van der Waals surface area contributed by atoms with E-state index in [0.29, 0.717) is 15.8 Å². The number of aromatic nitrogens is 2. The molecule has 0 saturated carbocycles. The van der Waals surface area contributed by atoms with E-state index in [4.69, 9.17) is 11.6 Å². The van der Waals surface area contributed by atoms with Crippen LogP contribution in [0.3, 0.4) is 0 Å². The average Bonchev–Trinajstić information content (AvgIpc) is 2.61. The van der Waals surface area contributed by atoms with E-state index in [-0.39, 0.29) is 12.1 Å². The summed E-state index contributed by atoms with van der Waals surface area (Å²) in [6.07, 6.45) is 1.58. The van der Waals surface area contributed by atoms with Crippen LogP contribution in [0.5, 0.6) is 5.88 Å². The maximum Gasteiger partial charge on any atom is 0.333 e. The highest BCUT2D eigenvalue weighted by Gasteiger charge is 2.20. The molecule has 0 bridgehead atoms. The zero-order valence-corrected chi connectivity index (χ0v) is 15.5. The molecule has 1 aromatic carbocycles. The molecule has 2 rings (SSSR count). The molecule has 0 aliphatic carbocycles. The van der Waals surface area contributed by atoms with Crippen molar-refractivity contribution in [3.63, 3.8) is 0 Å². The first kappa shape index (κ1) is 19.1. The molecule has 0 amide bonds. The largest absolute Gasteiger partial charge is 0.494 e. The first-order valence-corrected chi connectivity index (χ1v) is 8.75. The van der Waals surface area contributed by atoms with Gasteiger partial charge in [-0.25, -0.2) is 4.79 Å². The maximum atomic E-state index is 12.5. The van der Waals surface area contributed by atoms with Crippen molar-refractivity contribution in [2.75, 3.05) is 6.54 Å². The van der Waals surface area contributed by atoms with Crippen LogP contribution >= 0.6 is 23.4 Å². The van der Waals surface area contributed by atoms with E-state index in [2.05, 4.69) is 11.6 Å². The number of hydrogen-bond donors (Lipinski definition) is 1. The molecule has 1 heterocycles. The SMILES string of the molecule is C=CCN=C(SCc1ccccc1Cl)c1c(O)n(C)c(=O)n(C)c1=O. The van der Waals surface area contributed by atoms with Crippen LogP contribution in [0.4, 0.5) is 0 Å². The number of rotatable bonds is 5. The van der Waals surface area contributed by atoms with E-state index in [1.807, 2.05) is 18.2 Å². The number of halogens is 1. The van der Waals surface area contributed by atoms with Gasteiger partial charge in [0, 0.05) is 24.9 Å².